The summed E-state index contributed by atoms with van der Waals surface area (Å²) >= 11 is 0. The topological polar surface area (TPSA) is 15.3 Å². The molecule has 1 fully saturated rings. The van der Waals surface area contributed by atoms with E-state index in [2.05, 4.69) is 42.3 Å². The zero-order chi connectivity index (χ0) is 11.4. The molecule has 1 unspecified atom stereocenters. The number of allylic oxidation sites excluding steroid dienone is 4. The predicted octanol–water partition coefficient (Wildman–Crippen LogP) is 2.54. The van der Waals surface area contributed by atoms with Crippen molar-refractivity contribution in [3.63, 3.8) is 0 Å². The van der Waals surface area contributed by atoms with Crippen LogP contribution >= 0.6 is 0 Å². The highest BCUT2D eigenvalue weighted by atomic mass is 15.2. The molecule has 2 aliphatic rings. The molecule has 0 spiro atoms. The fourth-order valence-electron chi connectivity index (χ4n) is 2.84. The third kappa shape index (κ3) is 2.67. The van der Waals surface area contributed by atoms with Gasteiger partial charge in [-0.2, -0.15) is 0 Å². The standard InChI is InChI=1S/C14H24N2/c1-3-6-14(2)7-4-5-13(12-14)16-10-8-15-9-11-16/h4-5,7,15H,3,6,8-12H2,1-2H3. The summed E-state index contributed by atoms with van der Waals surface area (Å²) in [6.07, 6.45) is 10.8. The Morgan fingerprint density at radius 2 is 2.12 bits per heavy atom. The zero-order valence-corrected chi connectivity index (χ0v) is 10.6. The van der Waals surface area contributed by atoms with Gasteiger partial charge >= 0.3 is 0 Å². The highest BCUT2D eigenvalue weighted by Crippen LogP contribution is 2.36. The van der Waals surface area contributed by atoms with E-state index in [-0.39, 0.29) is 0 Å². The first-order valence-electron chi connectivity index (χ1n) is 6.57. The summed E-state index contributed by atoms with van der Waals surface area (Å²) in [5, 5.41) is 3.41. The molecule has 0 amide bonds. The van der Waals surface area contributed by atoms with Crippen LogP contribution in [0.5, 0.6) is 0 Å². The van der Waals surface area contributed by atoms with Crippen LogP contribution in [0.2, 0.25) is 0 Å². The third-order valence-electron chi connectivity index (χ3n) is 3.72. The maximum atomic E-state index is 3.41. The van der Waals surface area contributed by atoms with E-state index in [1.165, 1.54) is 32.4 Å². The van der Waals surface area contributed by atoms with Crippen LogP contribution < -0.4 is 5.32 Å². The summed E-state index contributed by atoms with van der Waals surface area (Å²) in [6.45, 7) is 9.27. The maximum Gasteiger partial charge on any atom is 0.0300 e. The van der Waals surface area contributed by atoms with Crippen molar-refractivity contribution in [3.05, 3.63) is 23.9 Å². The lowest BCUT2D eigenvalue weighted by Gasteiger charge is -2.37. The molecule has 0 aromatic carbocycles. The van der Waals surface area contributed by atoms with Gasteiger partial charge in [-0.05, 0) is 24.3 Å². The van der Waals surface area contributed by atoms with Crippen LogP contribution in [-0.2, 0) is 0 Å². The zero-order valence-electron chi connectivity index (χ0n) is 10.6. The number of rotatable bonds is 3. The van der Waals surface area contributed by atoms with Crippen molar-refractivity contribution >= 4 is 0 Å². The summed E-state index contributed by atoms with van der Waals surface area (Å²) in [5.41, 5.74) is 1.93. The van der Waals surface area contributed by atoms with Crippen LogP contribution in [0.1, 0.15) is 33.1 Å². The second kappa shape index (κ2) is 5.05. The molecule has 0 saturated carbocycles. The minimum atomic E-state index is 0.393. The van der Waals surface area contributed by atoms with Crippen LogP contribution in [0.4, 0.5) is 0 Å². The SMILES string of the molecule is CCCC1(C)C=CC=C(N2CCNCC2)C1. The van der Waals surface area contributed by atoms with E-state index in [0.29, 0.717) is 5.41 Å². The van der Waals surface area contributed by atoms with Crippen molar-refractivity contribution in [3.8, 4) is 0 Å². The maximum absolute atomic E-state index is 3.41. The Morgan fingerprint density at radius 3 is 2.81 bits per heavy atom. The molecule has 1 saturated heterocycles. The van der Waals surface area contributed by atoms with E-state index in [0.717, 1.165) is 13.1 Å². The average Bonchev–Trinajstić information content (AvgIpc) is 2.30. The first-order valence-corrected chi connectivity index (χ1v) is 6.57. The highest BCUT2D eigenvalue weighted by Gasteiger charge is 2.26. The molecule has 0 bridgehead atoms. The van der Waals surface area contributed by atoms with Gasteiger partial charge in [0.2, 0.25) is 0 Å². The van der Waals surface area contributed by atoms with Crippen molar-refractivity contribution in [2.24, 2.45) is 5.41 Å². The Labute approximate surface area is 99.4 Å². The molecule has 0 aromatic rings. The lowest BCUT2D eigenvalue weighted by atomic mass is 9.78. The van der Waals surface area contributed by atoms with Gasteiger partial charge < -0.3 is 10.2 Å². The Kier molecular flexibility index (Phi) is 3.70. The van der Waals surface area contributed by atoms with Gasteiger partial charge in [0.15, 0.2) is 0 Å². The van der Waals surface area contributed by atoms with Crippen molar-refractivity contribution in [1.82, 2.24) is 10.2 Å². The van der Waals surface area contributed by atoms with Gasteiger partial charge in [0.05, 0.1) is 0 Å². The highest BCUT2D eigenvalue weighted by molar-refractivity contribution is 5.23. The quantitative estimate of drug-likeness (QED) is 0.786. The summed E-state index contributed by atoms with van der Waals surface area (Å²) in [4.78, 5) is 2.55. The predicted molar refractivity (Wildman–Crippen MR) is 69.3 cm³/mol. The molecule has 1 N–H and O–H groups in total. The molecular formula is C14H24N2. The van der Waals surface area contributed by atoms with Gasteiger partial charge in [-0.3, -0.25) is 0 Å². The van der Waals surface area contributed by atoms with Crippen LogP contribution in [0.3, 0.4) is 0 Å². The number of hydrogen-bond acceptors (Lipinski definition) is 2. The molecule has 16 heavy (non-hydrogen) atoms. The Balaban J connectivity index is 2.00. The van der Waals surface area contributed by atoms with Crippen LogP contribution in [0.25, 0.3) is 0 Å². The fourth-order valence-corrected chi connectivity index (χ4v) is 2.84. The average molecular weight is 220 g/mol. The van der Waals surface area contributed by atoms with E-state index in [1.54, 1.807) is 5.70 Å². The minimum Gasteiger partial charge on any atom is -0.372 e. The molecule has 1 aliphatic heterocycles. The molecule has 1 heterocycles. The van der Waals surface area contributed by atoms with E-state index in [1.807, 2.05) is 0 Å². The Morgan fingerprint density at radius 1 is 1.38 bits per heavy atom. The molecule has 2 rings (SSSR count). The van der Waals surface area contributed by atoms with E-state index < -0.39 is 0 Å². The third-order valence-corrected chi connectivity index (χ3v) is 3.72. The van der Waals surface area contributed by atoms with E-state index in [4.69, 9.17) is 0 Å². The summed E-state index contributed by atoms with van der Waals surface area (Å²) in [5.74, 6) is 0. The second-order valence-electron chi connectivity index (χ2n) is 5.33. The molecule has 2 heteroatoms. The number of nitrogens with zero attached hydrogens (tertiary/aromatic N) is 1. The fraction of sp³-hybridized carbons (Fsp3) is 0.714. The summed E-state index contributed by atoms with van der Waals surface area (Å²) < 4.78 is 0. The molecule has 1 atom stereocenters. The van der Waals surface area contributed by atoms with Crippen molar-refractivity contribution in [2.75, 3.05) is 26.2 Å². The first-order chi connectivity index (χ1) is 7.73. The van der Waals surface area contributed by atoms with Crippen LogP contribution in [0, 0.1) is 5.41 Å². The molecular weight excluding hydrogens is 196 g/mol. The molecule has 90 valence electrons. The van der Waals surface area contributed by atoms with Gasteiger partial charge in [-0.15, -0.1) is 0 Å². The van der Waals surface area contributed by atoms with Crippen molar-refractivity contribution in [2.45, 2.75) is 33.1 Å². The number of hydrogen-bond donors (Lipinski definition) is 1. The molecule has 1 aliphatic carbocycles. The van der Waals surface area contributed by atoms with Gasteiger partial charge in [0.1, 0.15) is 0 Å². The summed E-state index contributed by atoms with van der Waals surface area (Å²) in [6, 6.07) is 0. The van der Waals surface area contributed by atoms with Gasteiger partial charge in [0, 0.05) is 31.9 Å². The normalized spacial score (nSPS) is 30.4. The van der Waals surface area contributed by atoms with Crippen LogP contribution in [-0.4, -0.2) is 31.1 Å². The smallest absolute Gasteiger partial charge is 0.0300 e. The van der Waals surface area contributed by atoms with Crippen molar-refractivity contribution in [1.29, 1.82) is 0 Å². The Hall–Kier alpha value is -0.760. The monoisotopic (exact) mass is 220 g/mol. The van der Waals surface area contributed by atoms with E-state index in [9.17, 15) is 0 Å². The molecule has 0 aromatic heterocycles. The number of piperazine rings is 1. The van der Waals surface area contributed by atoms with Crippen LogP contribution in [0.15, 0.2) is 23.9 Å². The number of nitrogens with one attached hydrogen (secondary N) is 1. The van der Waals surface area contributed by atoms with Crippen molar-refractivity contribution < 1.29 is 0 Å². The van der Waals surface area contributed by atoms with E-state index >= 15 is 0 Å². The second-order valence-corrected chi connectivity index (χ2v) is 5.33. The van der Waals surface area contributed by atoms with Gasteiger partial charge in [0.25, 0.3) is 0 Å². The largest absolute Gasteiger partial charge is 0.372 e. The van der Waals surface area contributed by atoms with Gasteiger partial charge in [-0.25, -0.2) is 0 Å². The summed E-state index contributed by atoms with van der Waals surface area (Å²) in [7, 11) is 0. The Bertz CT molecular complexity index is 287. The van der Waals surface area contributed by atoms with Gasteiger partial charge in [-0.1, -0.05) is 32.4 Å². The molecule has 2 nitrogen and oxygen atoms in total. The lowest BCUT2D eigenvalue weighted by Crippen LogP contribution is -2.43. The minimum absolute atomic E-state index is 0.393. The first kappa shape index (κ1) is 11.7. The molecule has 0 radical (unpaired) electrons. The lowest BCUT2D eigenvalue weighted by molar-refractivity contribution is 0.255.